The van der Waals surface area contributed by atoms with Gasteiger partial charge in [0, 0.05) is 19.2 Å². The quantitative estimate of drug-likeness (QED) is 0.837. The number of fused-ring (bicyclic) bond motifs is 1. The Bertz CT molecular complexity index is 555. The van der Waals surface area contributed by atoms with Crippen molar-refractivity contribution in [3.63, 3.8) is 0 Å². The molecule has 1 aromatic carbocycles. The van der Waals surface area contributed by atoms with Crippen LogP contribution in [0.4, 0.5) is 0 Å². The van der Waals surface area contributed by atoms with Crippen LogP contribution in [0, 0.1) is 0 Å². The fraction of sp³-hybridized carbons (Fsp3) is 0.438. The topological polar surface area (TPSA) is 59.0 Å². The summed E-state index contributed by atoms with van der Waals surface area (Å²) in [6.07, 6.45) is 4.54. The molecular weight excluding hydrogens is 270 g/mol. The summed E-state index contributed by atoms with van der Waals surface area (Å²) in [5.41, 5.74) is 0.894. The summed E-state index contributed by atoms with van der Waals surface area (Å²) in [5, 5.41) is 9.60. The van der Waals surface area contributed by atoms with Crippen LogP contribution in [-0.2, 0) is 4.79 Å². The Morgan fingerprint density at radius 3 is 2.90 bits per heavy atom. The Labute approximate surface area is 123 Å². The van der Waals surface area contributed by atoms with Gasteiger partial charge in [-0.3, -0.25) is 4.79 Å². The fourth-order valence-electron chi connectivity index (χ4n) is 2.59. The third-order valence-corrected chi connectivity index (χ3v) is 3.69. The molecule has 1 fully saturated rings. The zero-order chi connectivity index (χ0) is 14.7. The first-order valence-corrected chi connectivity index (χ1v) is 7.27. The molecule has 1 aromatic rings. The summed E-state index contributed by atoms with van der Waals surface area (Å²) < 4.78 is 11.0. The number of β-amino-alcohol motifs (C(OH)–C–C–N with tert-alkyl or cyclic N) is 1. The van der Waals surface area contributed by atoms with E-state index in [1.807, 2.05) is 18.2 Å². The van der Waals surface area contributed by atoms with Gasteiger partial charge in [-0.1, -0.05) is 6.07 Å². The van der Waals surface area contributed by atoms with Crippen molar-refractivity contribution in [2.45, 2.75) is 18.9 Å². The lowest BCUT2D eigenvalue weighted by Crippen LogP contribution is -2.41. The highest BCUT2D eigenvalue weighted by atomic mass is 16.6. The molecule has 1 N–H and O–H groups in total. The molecule has 0 saturated carbocycles. The molecule has 3 rings (SSSR count). The fourth-order valence-corrected chi connectivity index (χ4v) is 2.59. The van der Waals surface area contributed by atoms with Crippen molar-refractivity contribution < 1.29 is 19.4 Å². The van der Waals surface area contributed by atoms with Crippen molar-refractivity contribution in [1.82, 2.24) is 4.90 Å². The monoisotopic (exact) mass is 289 g/mol. The van der Waals surface area contributed by atoms with Gasteiger partial charge in [0.25, 0.3) is 0 Å². The summed E-state index contributed by atoms with van der Waals surface area (Å²) >= 11 is 0. The van der Waals surface area contributed by atoms with E-state index in [2.05, 4.69) is 0 Å². The van der Waals surface area contributed by atoms with Crippen molar-refractivity contribution in [3.05, 3.63) is 29.8 Å². The molecular formula is C16H19NO4. The maximum Gasteiger partial charge on any atom is 0.246 e. The molecule has 2 aliphatic heterocycles. The van der Waals surface area contributed by atoms with E-state index < -0.39 is 6.10 Å². The number of hydrogen-bond donors (Lipinski definition) is 1. The van der Waals surface area contributed by atoms with Gasteiger partial charge >= 0.3 is 0 Å². The van der Waals surface area contributed by atoms with Crippen molar-refractivity contribution in [1.29, 1.82) is 0 Å². The maximum atomic E-state index is 12.1. The molecule has 112 valence electrons. The highest BCUT2D eigenvalue weighted by molar-refractivity contribution is 5.92. The molecule has 1 atom stereocenters. The van der Waals surface area contributed by atoms with Gasteiger partial charge in [0.1, 0.15) is 13.2 Å². The van der Waals surface area contributed by atoms with Crippen LogP contribution in [0.2, 0.25) is 0 Å². The second kappa shape index (κ2) is 6.18. The Hall–Kier alpha value is -2.01. The molecule has 0 radical (unpaired) electrons. The number of hydrogen-bond acceptors (Lipinski definition) is 4. The number of carbonyl (C=O) groups excluding carboxylic acids is 1. The highest BCUT2D eigenvalue weighted by Gasteiger charge is 2.20. The van der Waals surface area contributed by atoms with Crippen LogP contribution in [0.25, 0.3) is 6.08 Å². The Kier molecular flexibility index (Phi) is 4.10. The van der Waals surface area contributed by atoms with E-state index in [9.17, 15) is 9.90 Å². The standard InChI is InChI=1S/C16H19NO4/c18-13-2-1-7-17(11-13)16(19)6-4-12-3-5-14-15(10-12)21-9-8-20-14/h3-6,10,13,18H,1-2,7-9,11H2/b6-4+. The van der Waals surface area contributed by atoms with Gasteiger partial charge in [-0.25, -0.2) is 0 Å². The average molecular weight is 289 g/mol. The first-order chi connectivity index (χ1) is 10.2. The third-order valence-electron chi connectivity index (χ3n) is 3.69. The molecule has 1 saturated heterocycles. The molecule has 0 bridgehead atoms. The van der Waals surface area contributed by atoms with Crippen LogP contribution >= 0.6 is 0 Å². The largest absolute Gasteiger partial charge is 0.486 e. The van der Waals surface area contributed by atoms with Gasteiger partial charge in [-0.05, 0) is 36.6 Å². The van der Waals surface area contributed by atoms with Crippen molar-refractivity contribution in [2.75, 3.05) is 26.3 Å². The van der Waals surface area contributed by atoms with Crippen molar-refractivity contribution in [2.24, 2.45) is 0 Å². The van der Waals surface area contributed by atoms with E-state index in [-0.39, 0.29) is 5.91 Å². The highest BCUT2D eigenvalue weighted by Crippen LogP contribution is 2.31. The summed E-state index contributed by atoms with van der Waals surface area (Å²) in [4.78, 5) is 13.8. The van der Waals surface area contributed by atoms with Crippen LogP contribution < -0.4 is 9.47 Å². The van der Waals surface area contributed by atoms with E-state index in [1.165, 1.54) is 0 Å². The molecule has 2 heterocycles. The smallest absolute Gasteiger partial charge is 0.246 e. The Balaban J connectivity index is 1.66. The molecule has 1 amide bonds. The number of piperidine rings is 1. The number of likely N-dealkylation sites (tertiary alicyclic amines) is 1. The van der Waals surface area contributed by atoms with Crippen LogP contribution in [0.1, 0.15) is 18.4 Å². The predicted molar refractivity (Wildman–Crippen MR) is 78.3 cm³/mol. The Morgan fingerprint density at radius 1 is 1.29 bits per heavy atom. The molecule has 1 unspecified atom stereocenters. The van der Waals surface area contributed by atoms with Crippen LogP contribution in [0.15, 0.2) is 24.3 Å². The lowest BCUT2D eigenvalue weighted by Gasteiger charge is -2.29. The minimum atomic E-state index is -0.398. The van der Waals surface area contributed by atoms with Crippen LogP contribution in [0.5, 0.6) is 11.5 Å². The van der Waals surface area contributed by atoms with Gasteiger partial charge in [-0.15, -0.1) is 0 Å². The lowest BCUT2D eigenvalue weighted by molar-refractivity contribution is -0.128. The number of aliphatic hydroxyl groups excluding tert-OH is 1. The third kappa shape index (κ3) is 3.36. The maximum absolute atomic E-state index is 12.1. The number of benzene rings is 1. The molecule has 2 aliphatic rings. The normalized spacial score (nSPS) is 21.6. The molecule has 0 aromatic heterocycles. The van der Waals surface area contributed by atoms with Crippen LogP contribution in [0.3, 0.4) is 0 Å². The second-order valence-corrected chi connectivity index (χ2v) is 5.32. The summed E-state index contributed by atoms with van der Waals surface area (Å²) in [6.45, 7) is 2.24. The van der Waals surface area contributed by atoms with Gasteiger partial charge < -0.3 is 19.5 Å². The molecule has 5 heteroatoms. The molecule has 5 nitrogen and oxygen atoms in total. The minimum Gasteiger partial charge on any atom is -0.486 e. The van der Waals surface area contributed by atoms with E-state index in [0.29, 0.717) is 32.1 Å². The van der Waals surface area contributed by atoms with Gasteiger partial charge in [0.05, 0.1) is 6.10 Å². The van der Waals surface area contributed by atoms with Gasteiger partial charge in [0.15, 0.2) is 11.5 Å². The first-order valence-electron chi connectivity index (χ1n) is 7.27. The zero-order valence-corrected chi connectivity index (χ0v) is 11.8. The van der Waals surface area contributed by atoms with E-state index in [4.69, 9.17) is 9.47 Å². The van der Waals surface area contributed by atoms with E-state index in [1.54, 1.807) is 17.1 Å². The average Bonchev–Trinajstić information content (AvgIpc) is 2.52. The summed E-state index contributed by atoms with van der Waals surface area (Å²) in [7, 11) is 0. The number of ether oxygens (including phenoxy) is 2. The predicted octanol–water partition coefficient (Wildman–Crippen LogP) is 1.45. The number of rotatable bonds is 2. The van der Waals surface area contributed by atoms with E-state index >= 15 is 0 Å². The number of aliphatic hydroxyl groups is 1. The van der Waals surface area contributed by atoms with E-state index in [0.717, 1.165) is 24.2 Å². The van der Waals surface area contributed by atoms with Crippen LogP contribution in [-0.4, -0.2) is 48.3 Å². The number of carbonyl (C=O) groups is 1. The van der Waals surface area contributed by atoms with Crippen molar-refractivity contribution in [3.8, 4) is 11.5 Å². The summed E-state index contributed by atoms with van der Waals surface area (Å²) in [6, 6.07) is 5.61. The lowest BCUT2D eigenvalue weighted by atomic mass is 10.1. The zero-order valence-electron chi connectivity index (χ0n) is 11.8. The number of nitrogens with zero attached hydrogens (tertiary/aromatic N) is 1. The minimum absolute atomic E-state index is 0.0661. The van der Waals surface area contributed by atoms with Crippen molar-refractivity contribution >= 4 is 12.0 Å². The number of amides is 1. The molecule has 0 spiro atoms. The summed E-state index contributed by atoms with van der Waals surface area (Å²) in [5.74, 6) is 1.39. The molecule has 0 aliphatic carbocycles. The van der Waals surface area contributed by atoms with Gasteiger partial charge in [0.2, 0.25) is 5.91 Å². The Morgan fingerprint density at radius 2 is 2.10 bits per heavy atom. The SMILES string of the molecule is O=C(/C=C/c1ccc2c(c1)OCCO2)N1CCCC(O)C1. The first kappa shape index (κ1) is 13.9. The molecule has 21 heavy (non-hydrogen) atoms. The van der Waals surface area contributed by atoms with Gasteiger partial charge in [-0.2, -0.15) is 0 Å². The second-order valence-electron chi connectivity index (χ2n) is 5.32.